The van der Waals surface area contributed by atoms with E-state index in [0.717, 1.165) is 28.4 Å². The van der Waals surface area contributed by atoms with E-state index in [1.54, 1.807) is 0 Å². The predicted octanol–water partition coefficient (Wildman–Crippen LogP) is 3.74. The van der Waals surface area contributed by atoms with Gasteiger partial charge in [-0.25, -0.2) is 4.98 Å². The van der Waals surface area contributed by atoms with Gasteiger partial charge in [0, 0.05) is 24.0 Å². The molecule has 2 heterocycles. The smallest absolute Gasteiger partial charge is 0.140 e. The SMILES string of the molecule is Cc1cn2cc(C)c(Oc3ccccc3)cc2n1. The second kappa shape index (κ2) is 4.18. The third-order valence-corrected chi connectivity index (χ3v) is 2.83. The number of pyridine rings is 1. The standard InChI is InChI=1S/C15H14N2O/c1-11-9-17-10-12(2)16-15(17)8-14(11)18-13-6-4-3-5-7-13/h3-10H,1-2H3. The molecule has 3 heteroatoms. The first-order valence-corrected chi connectivity index (χ1v) is 5.91. The van der Waals surface area contributed by atoms with E-state index >= 15 is 0 Å². The molecule has 0 radical (unpaired) electrons. The van der Waals surface area contributed by atoms with Gasteiger partial charge >= 0.3 is 0 Å². The van der Waals surface area contributed by atoms with Crippen molar-refractivity contribution in [1.29, 1.82) is 0 Å². The van der Waals surface area contributed by atoms with Crippen LogP contribution >= 0.6 is 0 Å². The van der Waals surface area contributed by atoms with Crippen LogP contribution in [0.2, 0.25) is 0 Å². The summed E-state index contributed by atoms with van der Waals surface area (Å²) in [5.41, 5.74) is 3.00. The van der Waals surface area contributed by atoms with Gasteiger partial charge in [-0.05, 0) is 26.0 Å². The van der Waals surface area contributed by atoms with E-state index in [-0.39, 0.29) is 0 Å². The molecule has 0 unspecified atom stereocenters. The molecule has 0 saturated carbocycles. The van der Waals surface area contributed by atoms with Gasteiger partial charge in [-0.2, -0.15) is 0 Å². The van der Waals surface area contributed by atoms with Crippen molar-refractivity contribution in [2.45, 2.75) is 13.8 Å². The van der Waals surface area contributed by atoms with Crippen molar-refractivity contribution in [3.63, 3.8) is 0 Å². The first-order chi connectivity index (χ1) is 8.72. The molecule has 2 aromatic heterocycles. The van der Waals surface area contributed by atoms with Crippen molar-refractivity contribution in [1.82, 2.24) is 9.38 Å². The Morgan fingerprint density at radius 1 is 1.06 bits per heavy atom. The van der Waals surface area contributed by atoms with Crippen LogP contribution in [0.4, 0.5) is 0 Å². The zero-order chi connectivity index (χ0) is 12.5. The maximum absolute atomic E-state index is 5.87. The van der Waals surface area contributed by atoms with E-state index in [4.69, 9.17) is 4.74 Å². The molecule has 0 spiro atoms. The molecule has 0 aliphatic heterocycles. The number of hydrogen-bond acceptors (Lipinski definition) is 2. The summed E-state index contributed by atoms with van der Waals surface area (Å²) in [7, 11) is 0. The summed E-state index contributed by atoms with van der Waals surface area (Å²) in [6, 6.07) is 11.8. The van der Waals surface area contributed by atoms with Crippen molar-refractivity contribution in [3.05, 3.63) is 60.0 Å². The van der Waals surface area contributed by atoms with Crippen LogP contribution < -0.4 is 4.74 Å². The second-order valence-electron chi connectivity index (χ2n) is 4.38. The molecular weight excluding hydrogens is 224 g/mol. The summed E-state index contributed by atoms with van der Waals surface area (Å²) in [6.45, 7) is 4.02. The van der Waals surface area contributed by atoms with E-state index in [0.29, 0.717) is 0 Å². The number of aryl methyl sites for hydroxylation is 2. The molecule has 0 atom stereocenters. The molecule has 3 aromatic rings. The largest absolute Gasteiger partial charge is 0.457 e. The first-order valence-electron chi connectivity index (χ1n) is 5.91. The van der Waals surface area contributed by atoms with E-state index in [1.165, 1.54) is 0 Å². The average molecular weight is 238 g/mol. The molecule has 0 N–H and O–H groups in total. The van der Waals surface area contributed by atoms with Gasteiger partial charge in [0.15, 0.2) is 0 Å². The maximum atomic E-state index is 5.87. The van der Waals surface area contributed by atoms with E-state index < -0.39 is 0 Å². The molecule has 0 bridgehead atoms. The van der Waals surface area contributed by atoms with Crippen molar-refractivity contribution in [2.75, 3.05) is 0 Å². The molecule has 18 heavy (non-hydrogen) atoms. The quantitative estimate of drug-likeness (QED) is 0.679. The molecular formula is C15H14N2O. The highest BCUT2D eigenvalue weighted by atomic mass is 16.5. The molecule has 3 rings (SSSR count). The number of imidazole rings is 1. The minimum Gasteiger partial charge on any atom is -0.457 e. The van der Waals surface area contributed by atoms with Gasteiger partial charge < -0.3 is 9.14 Å². The Morgan fingerprint density at radius 3 is 2.61 bits per heavy atom. The lowest BCUT2D eigenvalue weighted by Crippen LogP contribution is -1.91. The summed E-state index contributed by atoms with van der Waals surface area (Å²) in [4.78, 5) is 4.44. The van der Waals surface area contributed by atoms with Crippen molar-refractivity contribution in [2.24, 2.45) is 0 Å². The number of para-hydroxylation sites is 1. The van der Waals surface area contributed by atoms with Gasteiger partial charge in [-0.1, -0.05) is 18.2 Å². The topological polar surface area (TPSA) is 26.5 Å². The Morgan fingerprint density at radius 2 is 1.83 bits per heavy atom. The fourth-order valence-corrected chi connectivity index (χ4v) is 1.97. The highest BCUT2D eigenvalue weighted by molar-refractivity contribution is 5.50. The average Bonchev–Trinajstić information content (AvgIpc) is 2.70. The van der Waals surface area contributed by atoms with E-state index in [1.807, 2.05) is 67.0 Å². The minimum atomic E-state index is 0.841. The number of ether oxygens (including phenoxy) is 1. The van der Waals surface area contributed by atoms with Crippen LogP contribution in [-0.2, 0) is 0 Å². The molecule has 0 aliphatic rings. The highest BCUT2D eigenvalue weighted by Crippen LogP contribution is 2.26. The lowest BCUT2D eigenvalue weighted by atomic mass is 10.3. The highest BCUT2D eigenvalue weighted by Gasteiger charge is 2.05. The Hall–Kier alpha value is -2.29. The third kappa shape index (κ3) is 1.95. The third-order valence-electron chi connectivity index (χ3n) is 2.83. The van der Waals surface area contributed by atoms with Crippen LogP contribution in [0.25, 0.3) is 5.65 Å². The fourth-order valence-electron chi connectivity index (χ4n) is 1.97. The van der Waals surface area contributed by atoms with Gasteiger partial charge in [0.2, 0.25) is 0 Å². The van der Waals surface area contributed by atoms with Gasteiger partial charge in [-0.3, -0.25) is 0 Å². The second-order valence-corrected chi connectivity index (χ2v) is 4.38. The minimum absolute atomic E-state index is 0.841. The molecule has 0 amide bonds. The van der Waals surface area contributed by atoms with Gasteiger partial charge in [0.1, 0.15) is 17.1 Å². The molecule has 0 saturated heterocycles. The van der Waals surface area contributed by atoms with Crippen LogP contribution in [0, 0.1) is 13.8 Å². The predicted molar refractivity (Wildman–Crippen MR) is 71.2 cm³/mol. The Bertz CT molecular complexity index is 686. The molecule has 3 nitrogen and oxygen atoms in total. The number of fused-ring (bicyclic) bond motifs is 1. The summed E-state index contributed by atoms with van der Waals surface area (Å²) in [5.74, 6) is 1.69. The van der Waals surface area contributed by atoms with E-state index in [9.17, 15) is 0 Å². The number of rotatable bonds is 2. The Balaban J connectivity index is 2.03. The number of nitrogens with zero attached hydrogens (tertiary/aromatic N) is 2. The van der Waals surface area contributed by atoms with Crippen LogP contribution in [0.5, 0.6) is 11.5 Å². The van der Waals surface area contributed by atoms with Gasteiger partial charge in [0.25, 0.3) is 0 Å². The fraction of sp³-hybridized carbons (Fsp3) is 0.133. The molecule has 0 aliphatic carbocycles. The van der Waals surface area contributed by atoms with Crippen molar-refractivity contribution < 1.29 is 4.74 Å². The summed E-state index contributed by atoms with van der Waals surface area (Å²) in [5, 5.41) is 0. The molecule has 1 aromatic carbocycles. The normalized spacial score (nSPS) is 10.8. The van der Waals surface area contributed by atoms with Crippen molar-refractivity contribution >= 4 is 5.65 Å². The monoisotopic (exact) mass is 238 g/mol. The number of hydrogen-bond donors (Lipinski definition) is 0. The van der Waals surface area contributed by atoms with Crippen LogP contribution in [0.15, 0.2) is 48.8 Å². The maximum Gasteiger partial charge on any atom is 0.140 e. The van der Waals surface area contributed by atoms with Crippen LogP contribution in [0.3, 0.4) is 0 Å². The van der Waals surface area contributed by atoms with E-state index in [2.05, 4.69) is 4.98 Å². The zero-order valence-electron chi connectivity index (χ0n) is 10.4. The summed E-state index contributed by atoms with van der Waals surface area (Å²) < 4.78 is 7.89. The Kier molecular flexibility index (Phi) is 2.52. The number of benzene rings is 1. The van der Waals surface area contributed by atoms with Gasteiger partial charge in [-0.15, -0.1) is 0 Å². The lowest BCUT2D eigenvalue weighted by Gasteiger charge is -2.08. The van der Waals surface area contributed by atoms with Gasteiger partial charge in [0.05, 0.1) is 5.69 Å². The molecule has 90 valence electrons. The van der Waals surface area contributed by atoms with Crippen LogP contribution in [-0.4, -0.2) is 9.38 Å². The zero-order valence-corrected chi connectivity index (χ0v) is 10.4. The summed E-state index contributed by atoms with van der Waals surface area (Å²) in [6.07, 6.45) is 4.04. The number of aromatic nitrogens is 2. The van der Waals surface area contributed by atoms with Crippen molar-refractivity contribution in [3.8, 4) is 11.5 Å². The first kappa shape index (κ1) is 10.8. The van der Waals surface area contributed by atoms with Crippen LogP contribution in [0.1, 0.15) is 11.3 Å². The molecule has 0 fully saturated rings. The summed E-state index contributed by atoms with van der Waals surface area (Å²) >= 11 is 0. The lowest BCUT2D eigenvalue weighted by molar-refractivity contribution is 0.478. The Labute approximate surface area is 106 Å².